The lowest BCUT2D eigenvalue weighted by Crippen LogP contribution is -2.41. The van der Waals surface area contributed by atoms with Gasteiger partial charge in [-0.15, -0.1) is 0 Å². The Morgan fingerprint density at radius 3 is 2.62 bits per heavy atom. The topological polar surface area (TPSA) is 132 Å². The van der Waals surface area contributed by atoms with Crippen molar-refractivity contribution in [1.82, 2.24) is 19.5 Å². The quantitative estimate of drug-likeness (QED) is 0.210. The lowest BCUT2D eigenvalue weighted by Gasteiger charge is -2.37. The van der Waals surface area contributed by atoms with Crippen LogP contribution in [0.25, 0.3) is 22.4 Å². The highest BCUT2D eigenvalue weighted by Crippen LogP contribution is 2.38. The average molecular weight is 588 g/mol. The second-order valence-electron chi connectivity index (χ2n) is 11.2. The van der Waals surface area contributed by atoms with Crippen molar-refractivity contribution in [2.24, 2.45) is 17.6 Å². The number of nitrogens with one attached hydrogen (secondary N) is 1. The van der Waals surface area contributed by atoms with E-state index in [0.29, 0.717) is 42.0 Å². The zero-order chi connectivity index (χ0) is 29.2. The highest BCUT2D eigenvalue weighted by atomic mass is 35.5. The summed E-state index contributed by atoms with van der Waals surface area (Å²) in [4.78, 5) is 28.2. The summed E-state index contributed by atoms with van der Waals surface area (Å²) in [6.45, 7) is 4.83. The molecule has 10 nitrogen and oxygen atoms in total. The molecular weight excluding hydrogens is 554 g/mol. The van der Waals surface area contributed by atoms with Crippen LogP contribution < -0.4 is 10.6 Å². The van der Waals surface area contributed by atoms with Crippen LogP contribution in [0.2, 0.25) is 5.02 Å². The summed E-state index contributed by atoms with van der Waals surface area (Å²) in [6.07, 6.45) is 3.55. The van der Waals surface area contributed by atoms with Gasteiger partial charge in [0.15, 0.2) is 5.65 Å². The van der Waals surface area contributed by atoms with E-state index in [1.165, 1.54) is 12.8 Å². The van der Waals surface area contributed by atoms with Gasteiger partial charge in [-0.05, 0) is 42.4 Å². The van der Waals surface area contributed by atoms with E-state index in [0.717, 1.165) is 47.9 Å². The van der Waals surface area contributed by atoms with Crippen LogP contribution in [0.5, 0.6) is 0 Å². The van der Waals surface area contributed by atoms with E-state index in [-0.39, 0.29) is 11.9 Å². The molecular formula is C31H34ClN7O3. The fourth-order valence-electron chi connectivity index (χ4n) is 6.07. The van der Waals surface area contributed by atoms with E-state index in [1.54, 1.807) is 6.07 Å². The number of hydrogen-bond donors (Lipinski definition) is 2. The minimum Gasteiger partial charge on any atom is -0.388 e. The van der Waals surface area contributed by atoms with Crippen LogP contribution in [0.3, 0.4) is 0 Å². The zero-order valence-electron chi connectivity index (χ0n) is 23.5. The van der Waals surface area contributed by atoms with Crippen LogP contribution in [0, 0.1) is 17.2 Å². The van der Waals surface area contributed by atoms with Crippen molar-refractivity contribution in [2.45, 2.75) is 45.2 Å². The van der Waals surface area contributed by atoms with Gasteiger partial charge in [0, 0.05) is 23.7 Å². The van der Waals surface area contributed by atoms with E-state index in [2.05, 4.69) is 33.5 Å². The van der Waals surface area contributed by atoms with Gasteiger partial charge in [0.25, 0.3) is 5.90 Å². The van der Waals surface area contributed by atoms with Crippen LogP contribution in [0.4, 0.5) is 10.7 Å². The van der Waals surface area contributed by atoms with Gasteiger partial charge in [0.2, 0.25) is 11.8 Å². The molecule has 3 N–H and O–H groups in total. The lowest BCUT2D eigenvalue weighted by atomic mass is 9.83. The smallest absolute Gasteiger partial charge is 0.388 e. The number of morpholine rings is 1. The van der Waals surface area contributed by atoms with Crippen molar-refractivity contribution in [3.63, 3.8) is 0 Å². The second kappa shape index (κ2) is 12.1. The molecule has 1 aliphatic carbocycles. The van der Waals surface area contributed by atoms with Crippen LogP contribution in [-0.4, -0.2) is 51.3 Å². The number of rotatable bonds is 6. The maximum Gasteiger partial charge on any atom is 0.411 e. The van der Waals surface area contributed by atoms with Crippen molar-refractivity contribution in [3.8, 4) is 11.3 Å². The predicted molar refractivity (Wildman–Crippen MR) is 162 cm³/mol. The number of nitrogens with two attached hydrogens (primary N) is 1. The standard InChI is InChI=1S/C31H34ClN7O3/c1-19-10-12-20(13-11-19)17-39-26-25(22-8-5-9-23(32)16-22)35-29(27(33)42-30(34)40)36-28(26)37-31(39)38-14-15-41-18-24(38)21-6-3-2-4-7-21/h2-9,16,19-20,24,33H,10-15,17-18H2,1H3,(H2,34,40)/t19?,20?,24-/m0/s1. The van der Waals surface area contributed by atoms with Gasteiger partial charge in [-0.3, -0.25) is 5.41 Å². The van der Waals surface area contributed by atoms with Crippen molar-refractivity contribution >= 4 is 40.7 Å². The number of amides is 1. The normalized spacial score (nSPS) is 20.9. The molecule has 0 bridgehead atoms. The van der Waals surface area contributed by atoms with Gasteiger partial charge < -0.3 is 24.7 Å². The number of halogens is 1. The molecule has 0 unspecified atom stereocenters. The zero-order valence-corrected chi connectivity index (χ0v) is 24.3. The molecule has 0 radical (unpaired) electrons. The molecule has 2 aliphatic rings. The molecule has 42 heavy (non-hydrogen) atoms. The van der Waals surface area contributed by atoms with Gasteiger partial charge in [-0.2, -0.15) is 4.98 Å². The molecule has 11 heteroatoms. The number of anilines is 1. The Hall–Kier alpha value is -4.02. The van der Waals surface area contributed by atoms with E-state index in [4.69, 9.17) is 42.2 Å². The Balaban J connectivity index is 1.56. The molecule has 2 aromatic heterocycles. The summed E-state index contributed by atoms with van der Waals surface area (Å²) in [5, 5.41) is 8.88. The van der Waals surface area contributed by atoms with E-state index < -0.39 is 12.0 Å². The van der Waals surface area contributed by atoms with Crippen molar-refractivity contribution in [2.75, 3.05) is 24.7 Å². The molecule has 218 valence electrons. The predicted octanol–water partition coefficient (Wildman–Crippen LogP) is 5.97. The first kappa shape index (κ1) is 28.1. The first-order valence-corrected chi connectivity index (χ1v) is 14.7. The molecule has 1 saturated heterocycles. The molecule has 0 spiro atoms. The minimum absolute atomic E-state index is 0.0413. The summed E-state index contributed by atoms with van der Waals surface area (Å²) < 4.78 is 13.1. The maximum atomic E-state index is 11.5. The first-order chi connectivity index (χ1) is 20.4. The Morgan fingerprint density at radius 2 is 1.88 bits per heavy atom. The summed E-state index contributed by atoms with van der Waals surface area (Å²) in [5.41, 5.74) is 8.81. The summed E-state index contributed by atoms with van der Waals surface area (Å²) in [7, 11) is 0. The number of carbonyl (C=O) groups excluding carboxylic acids is 1. The third-order valence-electron chi connectivity index (χ3n) is 8.23. The van der Waals surface area contributed by atoms with Crippen LogP contribution >= 0.6 is 11.6 Å². The van der Waals surface area contributed by atoms with Crippen LogP contribution in [0.15, 0.2) is 54.6 Å². The number of primary amides is 1. The second-order valence-corrected chi connectivity index (χ2v) is 11.6. The van der Waals surface area contributed by atoms with Crippen LogP contribution in [0.1, 0.15) is 50.0 Å². The third-order valence-corrected chi connectivity index (χ3v) is 8.47. The lowest BCUT2D eigenvalue weighted by molar-refractivity contribution is 0.0927. The number of carbonyl (C=O) groups is 1. The average Bonchev–Trinajstić information content (AvgIpc) is 3.36. The van der Waals surface area contributed by atoms with Crippen molar-refractivity contribution < 1.29 is 14.3 Å². The Labute approximate surface area is 249 Å². The number of hydrogen-bond acceptors (Lipinski definition) is 8. The number of fused-ring (bicyclic) bond motifs is 1. The largest absolute Gasteiger partial charge is 0.411 e. The van der Waals surface area contributed by atoms with Crippen molar-refractivity contribution in [3.05, 3.63) is 71.0 Å². The molecule has 1 saturated carbocycles. The molecule has 4 aromatic rings. The summed E-state index contributed by atoms with van der Waals surface area (Å²) in [5.74, 6) is 1.35. The number of aromatic nitrogens is 4. The van der Waals surface area contributed by atoms with Gasteiger partial charge in [0.1, 0.15) is 11.2 Å². The molecule has 1 aliphatic heterocycles. The van der Waals surface area contributed by atoms with E-state index >= 15 is 0 Å². The molecule has 1 amide bonds. The SMILES string of the molecule is CC1CCC(Cn2c(N3CCOC[C@H]3c3ccccc3)nc3nc(C(=N)OC(N)=O)nc(-c4cccc(Cl)c4)c32)CC1. The monoisotopic (exact) mass is 587 g/mol. The van der Waals surface area contributed by atoms with Gasteiger partial charge in [-0.25, -0.2) is 14.8 Å². The van der Waals surface area contributed by atoms with Gasteiger partial charge >= 0.3 is 6.09 Å². The summed E-state index contributed by atoms with van der Waals surface area (Å²) >= 11 is 6.42. The molecule has 2 aromatic carbocycles. The van der Waals surface area contributed by atoms with E-state index in [1.807, 2.05) is 36.4 Å². The Bertz CT molecular complexity index is 1600. The summed E-state index contributed by atoms with van der Waals surface area (Å²) in [6, 6.07) is 17.7. The third kappa shape index (κ3) is 5.82. The fourth-order valence-corrected chi connectivity index (χ4v) is 6.26. The van der Waals surface area contributed by atoms with Crippen LogP contribution in [-0.2, 0) is 16.0 Å². The number of benzene rings is 2. The molecule has 6 rings (SSSR count). The number of ether oxygens (including phenoxy) is 2. The van der Waals surface area contributed by atoms with Crippen molar-refractivity contribution in [1.29, 1.82) is 5.41 Å². The Morgan fingerprint density at radius 1 is 1.10 bits per heavy atom. The fraction of sp³-hybridized carbons (Fsp3) is 0.387. The first-order valence-electron chi connectivity index (χ1n) is 14.4. The molecule has 2 fully saturated rings. The highest BCUT2D eigenvalue weighted by Gasteiger charge is 2.32. The minimum atomic E-state index is -1.11. The number of imidazole rings is 1. The van der Waals surface area contributed by atoms with E-state index in [9.17, 15) is 4.79 Å². The van der Waals surface area contributed by atoms with Gasteiger partial charge in [0.05, 0.1) is 19.3 Å². The number of nitrogens with zero attached hydrogens (tertiary/aromatic N) is 5. The molecule has 1 atom stereocenters. The molecule has 3 heterocycles. The van der Waals surface area contributed by atoms with Gasteiger partial charge in [-0.1, -0.05) is 73.8 Å². The maximum absolute atomic E-state index is 11.5. The highest BCUT2D eigenvalue weighted by molar-refractivity contribution is 6.30. The Kier molecular flexibility index (Phi) is 8.08.